The molecule has 23 heavy (non-hydrogen) atoms. The van der Waals surface area contributed by atoms with Crippen LogP contribution in [0, 0.1) is 13.8 Å². The molecule has 3 N–H and O–H groups in total. The van der Waals surface area contributed by atoms with Crippen molar-refractivity contribution >= 4 is 17.3 Å². The van der Waals surface area contributed by atoms with Gasteiger partial charge in [0.2, 0.25) is 0 Å². The van der Waals surface area contributed by atoms with Crippen LogP contribution in [-0.4, -0.2) is 38.2 Å². The molecule has 0 aromatic carbocycles. The molecule has 0 bridgehead atoms. The molecule has 1 aliphatic rings. The van der Waals surface area contributed by atoms with Gasteiger partial charge in [-0.15, -0.1) is 0 Å². The van der Waals surface area contributed by atoms with Gasteiger partial charge in [0.1, 0.15) is 0 Å². The smallest absolute Gasteiger partial charge is 0.170 e. The van der Waals surface area contributed by atoms with Crippen molar-refractivity contribution in [2.45, 2.75) is 32.4 Å². The summed E-state index contributed by atoms with van der Waals surface area (Å²) in [5.74, 6) is 0. The molecule has 3 heterocycles. The standard InChI is InChI=1S/C17H22N4OS/c1-11-10-13(12(2)19-11)16-15(14-6-3-4-7-18-14)20-17(23)21(16)8-5-9-22/h3-4,6-7,10,15-16,19,22H,5,8-9H2,1-2H3,(H,20,23)/t15-,16+/m1/s1. The number of pyridine rings is 1. The van der Waals surface area contributed by atoms with E-state index in [9.17, 15) is 5.11 Å². The van der Waals surface area contributed by atoms with Crippen LogP contribution in [0.2, 0.25) is 0 Å². The molecule has 3 rings (SSSR count). The Kier molecular flexibility index (Phi) is 4.63. The molecular weight excluding hydrogens is 308 g/mol. The SMILES string of the molecule is Cc1cc([C@H]2[C@@H](c3ccccn3)NC(=S)N2CCCO)c(C)[nH]1. The zero-order valence-electron chi connectivity index (χ0n) is 13.4. The molecule has 1 fully saturated rings. The summed E-state index contributed by atoms with van der Waals surface area (Å²) >= 11 is 5.55. The maximum absolute atomic E-state index is 9.20. The van der Waals surface area contributed by atoms with Crippen LogP contribution in [0.1, 0.15) is 41.1 Å². The number of H-pyrrole nitrogens is 1. The predicted octanol–water partition coefficient (Wildman–Crippen LogP) is 2.38. The molecule has 6 heteroatoms. The molecule has 0 spiro atoms. The van der Waals surface area contributed by atoms with Gasteiger partial charge in [-0.2, -0.15) is 0 Å². The second-order valence-electron chi connectivity index (χ2n) is 5.93. The van der Waals surface area contributed by atoms with Crippen LogP contribution < -0.4 is 5.32 Å². The second-order valence-corrected chi connectivity index (χ2v) is 6.32. The maximum Gasteiger partial charge on any atom is 0.170 e. The van der Waals surface area contributed by atoms with E-state index in [1.54, 1.807) is 0 Å². The Morgan fingerprint density at radius 1 is 1.35 bits per heavy atom. The van der Waals surface area contributed by atoms with E-state index in [0.717, 1.165) is 28.7 Å². The number of hydrogen-bond acceptors (Lipinski definition) is 3. The first-order valence-electron chi connectivity index (χ1n) is 7.87. The van der Waals surface area contributed by atoms with Crippen LogP contribution in [0.5, 0.6) is 0 Å². The number of thiocarbonyl (C=S) groups is 1. The highest BCUT2D eigenvalue weighted by atomic mass is 32.1. The third kappa shape index (κ3) is 3.09. The van der Waals surface area contributed by atoms with Gasteiger partial charge in [0.05, 0.1) is 17.8 Å². The summed E-state index contributed by atoms with van der Waals surface area (Å²) in [7, 11) is 0. The number of aliphatic hydroxyl groups is 1. The molecule has 0 radical (unpaired) electrons. The lowest BCUT2D eigenvalue weighted by Gasteiger charge is -2.27. The van der Waals surface area contributed by atoms with Crippen LogP contribution in [0.25, 0.3) is 0 Å². The minimum atomic E-state index is 0.0105. The molecule has 0 saturated carbocycles. The first-order valence-corrected chi connectivity index (χ1v) is 8.27. The molecule has 2 aromatic heterocycles. The molecule has 122 valence electrons. The molecule has 2 atom stereocenters. The van der Waals surface area contributed by atoms with Gasteiger partial charge in [-0.1, -0.05) is 6.07 Å². The van der Waals surface area contributed by atoms with Gasteiger partial charge in [-0.25, -0.2) is 0 Å². The molecule has 1 aliphatic heterocycles. The minimum absolute atomic E-state index is 0.0105. The number of rotatable bonds is 5. The minimum Gasteiger partial charge on any atom is -0.396 e. The van der Waals surface area contributed by atoms with Crippen molar-refractivity contribution < 1.29 is 5.11 Å². The van der Waals surface area contributed by atoms with Crippen molar-refractivity contribution in [3.8, 4) is 0 Å². The van der Waals surface area contributed by atoms with Crippen molar-refractivity contribution in [1.82, 2.24) is 20.2 Å². The first-order chi connectivity index (χ1) is 11.1. The average molecular weight is 330 g/mol. The Hall–Kier alpha value is -1.92. The van der Waals surface area contributed by atoms with Crippen molar-refractivity contribution in [3.05, 3.63) is 53.1 Å². The summed E-state index contributed by atoms with van der Waals surface area (Å²) in [5, 5.41) is 13.3. The number of nitrogens with one attached hydrogen (secondary N) is 2. The normalized spacial score (nSPS) is 20.8. The lowest BCUT2D eigenvalue weighted by Crippen LogP contribution is -2.31. The Morgan fingerprint density at radius 2 is 2.17 bits per heavy atom. The van der Waals surface area contributed by atoms with E-state index in [1.807, 2.05) is 24.4 Å². The summed E-state index contributed by atoms with van der Waals surface area (Å²) in [5.41, 5.74) is 4.49. The topological polar surface area (TPSA) is 64.2 Å². The van der Waals surface area contributed by atoms with Gasteiger partial charge in [0, 0.05) is 30.7 Å². The third-order valence-corrected chi connectivity index (χ3v) is 4.62. The molecule has 0 aliphatic carbocycles. The molecule has 2 aromatic rings. The highest BCUT2D eigenvalue weighted by Gasteiger charge is 2.40. The van der Waals surface area contributed by atoms with Crippen molar-refractivity contribution in [2.75, 3.05) is 13.2 Å². The van der Waals surface area contributed by atoms with Crippen molar-refractivity contribution in [1.29, 1.82) is 0 Å². The van der Waals surface area contributed by atoms with E-state index in [2.05, 4.69) is 40.1 Å². The summed E-state index contributed by atoms with van der Waals surface area (Å²) in [6, 6.07) is 8.21. The summed E-state index contributed by atoms with van der Waals surface area (Å²) < 4.78 is 0. The quantitative estimate of drug-likeness (QED) is 0.735. The van der Waals surface area contributed by atoms with Crippen molar-refractivity contribution in [2.24, 2.45) is 0 Å². The van der Waals surface area contributed by atoms with E-state index in [1.165, 1.54) is 5.56 Å². The number of aliphatic hydroxyl groups excluding tert-OH is 1. The Balaban J connectivity index is 2.01. The fourth-order valence-corrected chi connectivity index (χ4v) is 3.61. The zero-order chi connectivity index (χ0) is 16.4. The highest BCUT2D eigenvalue weighted by Crippen LogP contribution is 2.39. The van der Waals surface area contributed by atoms with Gasteiger partial charge in [-0.3, -0.25) is 4.98 Å². The molecule has 0 unspecified atom stereocenters. The zero-order valence-corrected chi connectivity index (χ0v) is 14.2. The summed E-state index contributed by atoms with van der Waals surface area (Å²) in [4.78, 5) is 10.1. The first kappa shape index (κ1) is 16.0. The van der Waals surface area contributed by atoms with E-state index in [-0.39, 0.29) is 18.7 Å². The lowest BCUT2D eigenvalue weighted by atomic mass is 9.97. The van der Waals surface area contributed by atoms with Crippen LogP contribution in [0.4, 0.5) is 0 Å². The predicted molar refractivity (Wildman–Crippen MR) is 94.1 cm³/mol. The van der Waals surface area contributed by atoms with E-state index in [4.69, 9.17) is 12.2 Å². The molecule has 1 saturated heterocycles. The van der Waals surface area contributed by atoms with Gasteiger partial charge in [-0.05, 0) is 56.2 Å². The van der Waals surface area contributed by atoms with Gasteiger partial charge >= 0.3 is 0 Å². The van der Waals surface area contributed by atoms with Crippen LogP contribution in [0.3, 0.4) is 0 Å². The Morgan fingerprint density at radius 3 is 2.78 bits per heavy atom. The molecular formula is C17H22N4OS. The number of aryl methyl sites for hydroxylation is 2. The second kappa shape index (κ2) is 6.68. The average Bonchev–Trinajstić information content (AvgIpc) is 3.05. The monoisotopic (exact) mass is 330 g/mol. The van der Waals surface area contributed by atoms with Gasteiger partial charge in [0.25, 0.3) is 0 Å². The third-order valence-electron chi connectivity index (χ3n) is 4.26. The van der Waals surface area contributed by atoms with Gasteiger partial charge < -0.3 is 20.3 Å². The highest BCUT2D eigenvalue weighted by molar-refractivity contribution is 7.80. The number of hydrogen-bond donors (Lipinski definition) is 3. The number of aromatic amines is 1. The fourth-order valence-electron chi connectivity index (χ4n) is 3.28. The fraction of sp³-hybridized carbons (Fsp3) is 0.412. The molecule has 0 amide bonds. The lowest BCUT2D eigenvalue weighted by molar-refractivity contribution is 0.247. The number of aromatic nitrogens is 2. The Bertz CT molecular complexity index is 685. The van der Waals surface area contributed by atoms with Crippen LogP contribution in [0.15, 0.2) is 30.5 Å². The van der Waals surface area contributed by atoms with Crippen molar-refractivity contribution in [3.63, 3.8) is 0 Å². The van der Waals surface area contributed by atoms with E-state index < -0.39 is 0 Å². The van der Waals surface area contributed by atoms with Crippen LogP contribution in [-0.2, 0) is 0 Å². The van der Waals surface area contributed by atoms with Gasteiger partial charge in [0.15, 0.2) is 5.11 Å². The summed E-state index contributed by atoms with van der Waals surface area (Å²) in [6.07, 6.45) is 2.50. The maximum atomic E-state index is 9.20. The van der Waals surface area contributed by atoms with E-state index >= 15 is 0 Å². The molecule has 5 nitrogen and oxygen atoms in total. The summed E-state index contributed by atoms with van der Waals surface area (Å²) in [6.45, 7) is 5.03. The Labute approximate surface area is 141 Å². The van der Waals surface area contributed by atoms with E-state index in [0.29, 0.717) is 6.42 Å². The number of nitrogens with zero attached hydrogens (tertiary/aromatic N) is 2. The largest absolute Gasteiger partial charge is 0.396 e. The van der Waals surface area contributed by atoms with Crippen LogP contribution >= 0.6 is 12.2 Å².